The van der Waals surface area contributed by atoms with Gasteiger partial charge in [-0.3, -0.25) is 0 Å². The van der Waals surface area contributed by atoms with Gasteiger partial charge in [-0.15, -0.1) is 0 Å². The molecule has 0 saturated carbocycles. The van der Waals surface area contributed by atoms with E-state index < -0.39 is 0 Å². The van der Waals surface area contributed by atoms with Gasteiger partial charge in [-0.1, -0.05) is 23.2 Å². The van der Waals surface area contributed by atoms with Crippen LogP contribution in [-0.4, -0.2) is 37.2 Å². The predicted molar refractivity (Wildman–Crippen MR) is 74.8 cm³/mol. The fourth-order valence-corrected chi connectivity index (χ4v) is 2.50. The quantitative estimate of drug-likeness (QED) is 0.872. The average molecular weight is 304 g/mol. The number of nitrogens with two attached hydrogens (primary N) is 1. The molecule has 2 amide bonds. The summed E-state index contributed by atoms with van der Waals surface area (Å²) in [5.74, 6) is 0.535. The number of hydrogen-bond acceptors (Lipinski definition) is 3. The largest absolute Gasteiger partial charge is 0.490 e. The Labute approximate surface area is 121 Å². The highest BCUT2D eigenvalue weighted by Gasteiger charge is 2.19. The topological polar surface area (TPSA) is 67.6 Å². The van der Waals surface area contributed by atoms with E-state index in [2.05, 4.69) is 5.32 Å². The van der Waals surface area contributed by atoms with Gasteiger partial charge in [0.2, 0.25) is 0 Å². The molecule has 0 aromatic heterocycles. The molecule has 0 spiro atoms. The van der Waals surface area contributed by atoms with Gasteiger partial charge in [-0.25, -0.2) is 4.79 Å². The van der Waals surface area contributed by atoms with Crippen molar-refractivity contribution in [3.63, 3.8) is 0 Å². The van der Waals surface area contributed by atoms with Crippen molar-refractivity contribution >= 4 is 29.2 Å². The first kappa shape index (κ1) is 14.2. The number of nitrogens with one attached hydrogen (secondary N) is 1. The van der Waals surface area contributed by atoms with E-state index in [1.807, 2.05) is 0 Å². The van der Waals surface area contributed by atoms with E-state index in [4.69, 9.17) is 33.7 Å². The minimum absolute atomic E-state index is 0.0650. The molecule has 7 heteroatoms. The fourth-order valence-electron chi connectivity index (χ4n) is 1.91. The van der Waals surface area contributed by atoms with Crippen LogP contribution in [0.25, 0.3) is 0 Å². The van der Waals surface area contributed by atoms with Crippen LogP contribution in [0.5, 0.6) is 5.75 Å². The zero-order valence-electron chi connectivity index (χ0n) is 10.3. The molecule has 0 bridgehead atoms. The molecule has 1 saturated heterocycles. The van der Waals surface area contributed by atoms with Crippen LogP contribution in [0.4, 0.5) is 4.79 Å². The minimum atomic E-state index is -0.0650. The van der Waals surface area contributed by atoms with Crippen LogP contribution < -0.4 is 15.8 Å². The van der Waals surface area contributed by atoms with Crippen molar-refractivity contribution < 1.29 is 9.53 Å². The van der Waals surface area contributed by atoms with E-state index in [1.54, 1.807) is 17.0 Å². The van der Waals surface area contributed by atoms with E-state index in [1.165, 1.54) is 0 Å². The maximum Gasteiger partial charge on any atom is 0.317 e. The third kappa shape index (κ3) is 3.43. The van der Waals surface area contributed by atoms with Crippen molar-refractivity contribution in [2.45, 2.75) is 6.54 Å². The molecule has 0 atom stereocenters. The molecule has 1 aromatic carbocycles. The van der Waals surface area contributed by atoms with Gasteiger partial charge >= 0.3 is 6.03 Å². The second kappa shape index (κ2) is 6.32. The van der Waals surface area contributed by atoms with Crippen LogP contribution in [0.3, 0.4) is 0 Å². The van der Waals surface area contributed by atoms with Gasteiger partial charge in [0.25, 0.3) is 0 Å². The number of nitrogens with zero attached hydrogens (tertiary/aromatic N) is 1. The Hall–Kier alpha value is -1.17. The highest BCUT2D eigenvalue weighted by atomic mass is 35.5. The average Bonchev–Trinajstić information content (AvgIpc) is 2.77. The number of ether oxygens (including phenoxy) is 1. The highest BCUT2D eigenvalue weighted by molar-refractivity contribution is 6.35. The molecule has 104 valence electrons. The number of urea groups is 1. The van der Waals surface area contributed by atoms with E-state index in [9.17, 15) is 4.79 Å². The van der Waals surface area contributed by atoms with E-state index in [0.29, 0.717) is 48.6 Å². The van der Waals surface area contributed by atoms with Crippen molar-refractivity contribution in [1.82, 2.24) is 10.2 Å². The number of hydrogen-bond donors (Lipinski definition) is 2. The minimum Gasteiger partial charge on any atom is -0.490 e. The van der Waals surface area contributed by atoms with Crippen LogP contribution in [0.15, 0.2) is 12.1 Å². The van der Waals surface area contributed by atoms with E-state index >= 15 is 0 Å². The van der Waals surface area contributed by atoms with Crippen LogP contribution in [-0.2, 0) is 6.54 Å². The van der Waals surface area contributed by atoms with Gasteiger partial charge < -0.3 is 20.7 Å². The molecular weight excluding hydrogens is 289 g/mol. The standard InChI is InChI=1S/C12H15Cl2N3O2/c13-9-5-8(7-15)11(10(14)6-9)19-4-3-17-2-1-16-12(17)18/h5-6H,1-4,7,15H2,(H,16,18). The Morgan fingerprint density at radius 1 is 1.42 bits per heavy atom. The van der Waals surface area contributed by atoms with Gasteiger partial charge in [0.1, 0.15) is 12.4 Å². The monoisotopic (exact) mass is 303 g/mol. The number of carbonyl (C=O) groups excluding carboxylic acids is 1. The van der Waals surface area contributed by atoms with Gasteiger partial charge in [0.15, 0.2) is 0 Å². The molecular formula is C12H15Cl2N3O2. The molecule has 1 aliphatic rings. The summed E-state index contributed by atoms with van der Waals surface area (Å²) in [5, 5.41) is 3.68. The maximum atomic E-state index is 11.3. The smallest absolute Gasteiger partial charge is 0.317 e. The van der Waals surface area contributed by atoms with Gasteiger partial charge in [0, 0.05) is 30.2 Å². The third-order valence-electron chi connectivity index (χ3n) is 2.86. The molecule has 5 nitrogen and oxygen atoms in total. The molecule has 1 fully saturated rings. The molecule has 0 unspecified atom stereocenters. The maximum absolute atomic E-state index is 11.3. The lowest BCUT2D eigenvalue weighted by Gasteiger charge is -2.17. The van der Waals surface area contributed by atoms with Gasteiger partial charge in [0.05, 0.1) is 11.6 Å². The second-order valence-electron chi connectivity index (χ2n) is 4.15. The van der Waals surface area contributed by atoms with Crippen molar-refractivity contribution in [3.8, 4) is 5.75 Å². The van der Waals surface area contributed by atoms with Crippen LogP contribution in [0.2, 0.25) is 10.0 Å². The summed E-state index contributed by atoms with van der Waals surface area (Å²) in [6, 6.07) is 3.27. The summed E-state index contributed by atoms with van der Waals surface area (Å²) in [5.41, 5.74) is 6.39. The van der Waals surface area contributed by atoms with Crippen molar-refractivity contribution in [3.05, 3.63) is 27.7 Å². The number of halogens is 2. The van der Waals surface area contributed by atoms with Gasteiger partial charge in [-0.2, -0.15) is 0 Å². The zero-order chi connectivity index (χ0) is 13.8. The first-order chi connectivity index (χ1) is 9.11. The number of rotatable bonds is 5. The summed E-state index contributed by atoms with van der Waals surface area (Å²) in [6.07, 6.45) is 0. The Morgan fingerprint density at radius 2 is 2.21 bits per heavy atom. The lowest BCUT2D eigenvalue weighted by atomic mass is 10.2. The summed E-state index contributed by atoms with van der Waals surface area (Å²) in [7, 11) is 0. The van der Waals surface area contributed by atoms with E-state index in [-0.39, 0.29) is 6.03 Å². The molecule has 1 aromatic rings. The molecule has 2 rings (SSSR count). The molecule has 3 N–H and O–H groups in total. The summed E-state index contributed by atoms with van der Waals surface area (Å²) in [4.78, 5) is 13.0. The number of amides is 2. The molecule has 1 heterocycles. The Balaban J connectivity index is 1.97. The third-order valence-corrected chi connectivity index (χ3v) is 3.36. The van der Waals surface area contributed by atoms with Crippen LogP contribution >= 0.6 is 23.2 Å². The molecule has 0 radical (unpaired) electrons. The first-order valence-corrected chi connectivity index (χ1v) is 6.71. The van der Waals surface area contributed by atoms with Crippen molar-refractivity contribution in [2.24, 2.45) is 5.73 Å². The van der Waals surface area contributed by atoms with Crippen molar-refractivity contribution in [2.75, 3.05) is 26.2 Å². The zero-order valence-corrected chi connectivity index (χ0v) is 11.8. The highest BCUT2D eigenvalue weighted by Crippen LogP contribution is 2.32. The summed E-state index contributed by atoms with van der Waals surface area (Å²) >= 11 is 12.0. The van der Waals surface area contributed by atoms with Crippen LogP contribution in [0, 0.1) is 0 Å². The first-order valence-electron chi connectivity index (χ1n) is 5.95. The molecule has 1 aliphatic heterocycles. The van der Waals surface area contributed by atoms with Crippen molar-refractivity contribution in [1.29, 1.82) is 0 Å². The van der Waals surface area contributed by atoms with Gasteiger partial charge in [-0.05, 0) is 12.1 Å². The Kier molecular flexibility index (Phi) is 4.74. The lowest BCUT2D eigenvalue weighted by molar-refractivity contribution is 0.202. The lowest BCUT2D eigenvalue weighted by Crippen LogP contribution is -2.32. The Bertz CT molecular complexity index is 482. The normalized spacial score (nSPS) is 14.7. The second-order valence-corrected chi connectivity index (χ2v) is 4.99. The fraction of sp³-hybridized carbons (Fsp3) is 0.417. The Morgan fingerprint density at radius 3 is 2.84 bits per heavy atom. The molecule has 0 aliphatic carbocycles. The van der Waals surface area contributed by atoms with Crippen LogP contribution in [0.1, 0.15) is 5.56 Å². The SMILES string of the molecule is NCc1cc(Cl)cc(Cl)c1OCCN1CCNC1=O. The summed E-state index contributed by atoms with van der Waals surface area (Å²) in [6.45, 7) is 2.53. The predicted octanol–water partition coefficient (Wildman–Crippen LogP) is 1.86. The number of benzene rings is 1. The summed E-state index contributed by atoms with van der Waals surface area (Å²) < 4.78 is 5.63. The molecule has 19 heavy (non-hydrogen) atoms. The number of carbonyl (C=O) groups is 1. The van der Waals surface area contributed by atoms with E-state index in [0.717, 1.165) is 5.56 Å².